The van der Waals surface area contributed by atoms with Crippen LogP contribution in [-0.2, 0) is 0 Å². The minimum atomic E-state index is 0.680. The molecule has 19 heavy (non-hydrogen) atoms. The molecule has 0 bridgehead atoms. The Hall–Kier alpha value is -0.860. The minimum absolute atomic E-state index is 0.680. The van der Waals surface area contributed by atoms with Gasteiger partial charge in [0.25, 0.3) is 0 Å². The van der Waals surface area contributed by atoms with E-state index in [2.05, 4.69) is 32.4 Å². The molecule has 0 aliphatic rings. The van der Waals surface area contributed by atoms with Crippen molar-refractivity contribution >= 4 is 40.8 Å². The number of anilines is 1. The topological polar surface area (TPSA) is 63.6 Å². The number of aryl methyl sites for hydroxylation is 1. The Kier molecular flexibility index (Phi) is 5.41. The molecule has 0 fully saturated rings. The molecule has 1 N–H and O–H groups in total. The molecule has 0 saturated heterocycles. The lowest BCUT2D eigenvalue weighted by atomic mass is 10.4. The zero-order chi connectivity index (χ0) is 13.7. The molecule has 0 unspecified atom stereocenters. The highest BCUT2D eigenvalue weighted by molar-refractivity contribution is 8.02. The van der Waals surface area contributed by atoms with Gasteiger partial charge in [0.2, 0.25) is 5.95 Å². The monoisotopic (exact) mass is 313 g/mol. The first kappa shape index (κ1) is 14.5. The van der Waals surface area contributed by atoms with Gasteiger partial charge in [-0.1, -0.05) is 30.0 Å². The Bertz CT molecular complexity index is 543. The van der Waals surface area contributed by atoms with E-state index in [0.29, 0.717) is 5.95 Å². The van der Waals surface area contributed by atoms with Crippen LogP contribution in [0.4, 0.5) is 5.95 Å². The first-order valence-electron chi connectivity index (χ1n) is 5.86. The zero-order valence-corrected chi connectivity index (χ0v) is 13.5. The predicted octanol–water partition coefficient (Wildman–Crippen LogP) is 3.33. The van der Waals surface area contributed by atoms with Crippen molar-refractivity contribution in [2.75, 3.05) is 18.1 Å². The van der Waals surface area contributed by atoms with Crippen LogP contribution in [0.1, 0.15) is 19.0 Å². The molecule has 2 rings (SSSR count). The van der Waals surface area contributed by atoms with Gasteiger partial charge >= 0.3 is 0 Å². The zero-order valence-electron chi connectivity index (χ0n) is 11.0. The van der Waals surface area contributed by atoms with Gasteiger partial charge in [-0.2, -0.15) is 0 Å². The van der Waals surface area contributed by atoms with Crippen molar-refractivity contribution < 1.29 is 0 Å². The predicted molar refractivity (Wildman–Crippen MR) is 81.4 cm³/mol. The van der Waals surface area contributed by atoms with Crippen LogP contribution in [0.5, 0.6) is 0 Å². The fraction of sp³-hybridized carbons (Fsp3) is 0.455. The Balaban J connectivity index is 2.12. The molecular formula is C11H15N5S3. The third kappa shape index (κ3) is 4.32. The van der Waals surface area contributed by atoms with Gasteiger partial charge in [0.15, 0.2) is 8.68 Å². The first-order chi connectivity index (χ1) is 9.21. The summed E-state index contributed by atoms with van der Waals surface area (Å²) in [6.07, 6.45) is 3.05. The summed E-state index contributed by atoms with van der Waals surface area (Å²) < 4.78 is 1.88. The van der Waals surface area contributed by atoms with Crippen LogP contribution in [-0.4, -0.2) is 33.0 Å². The molecular weight excluding hydrogens is 298 g/mol. The summed E-state index contributed by atoms with van der Waals surface area (Å²) in [4.78, 5) is 8.84. The third-order valence-electron chi connectivity index (χ3n) is 2.12. The van der Waals surface area contributed by atoms with Crippen LogP contribution < -0.4 is 5.32 Å². The molecule has 0 saturated carbocycles. The number of rotatable bonds is 6. The molecule has 8 heteroatoms. The van der Waals surface area contributed by atoms with Crippen LogP contribution >= 0.6 is 34.9 Å². The molecule has 0 spiro atoms. The van der Waals surface area contributed by atoms with Gasteiger partial charge in [-0.3, -0.25) is 0 Å². The fourth-order valence-corrected chi connectivity index (χ4v) is 3.76. The standard InChI is InChI=1S/C11H15N5S3/c1-4-5-12-9-13-7(2)6-8(14-9)18-11-16-15-10(17-3)19-11/h6H,4-5H2,1-3H3,(H,12,13,14). The van der Waals surface area contributed by atoms with Crippen LogP contribution in [0, 0.1) is 6.92 Å². The lowest BCUT2D eigenvalue weighted by Crippen LogP contribution is -2.05. The van der Waals surface area contributed by atoms with Gasteiger partial charge in [-0.15, -0.1) is 10.2 Å². The fourth-order valence-electron chi connectivity index (χ4n) is 1.32. The second-order valence-corrected chi connectivity index (χ2v) is 7.04. The van der Waals surface area contributed by atoms with Crippen LogP contribution in [0.15, 0.2) is 19.8 Å². The van der Waals surface area contributed by atoms with Gasteiger partial charge in [-0.25, -0.2) is 9.97 Å². The van der Waals surface area contributed by atoms with Crippen LogP contribution in [0.2, 0.25) is 0 Å². The number of nitrogens with one attached hydrogen (secondary N) is 1. The average Bonchev–Trinajstić information content (AvgIpc) is 2.83. The highest BCUT2D eigenvalue weighted by Crippen LogP contribution is 2.32. The van der Waals surface area contributed by atoms with Gasteiger partial charge < -0.3 is 5.32 Å². The second kappa shape index (κ2) is 7.06. The van der Waals surface area contributed by atoms with Crippen molar-refractivity contribution in [1.29, 1.82) is 0 Å². The third-order valence-corrected chi connectivity index (χ3v) is 4.99. The minimum Gasteiger partial charge on any atom is -0.354 e. The van der Waals surface area contributed by atoms with Gasteiger partial charge in [0.05, 0.1) is 0 Å². The maximum atomic E-state index is 4.47. The Morgan fingerprint density at radius 3 is 2.74 bits per heavy atom. The van der Waals surface area contributed by atoms with Crippen molar-refractivity contribution in [1.82, 2.24) is 20.2 Å². The lowest BCUT2D eigenvalue weighted by molar-refractivity contribution is 0.921. The van der Waals surface area contributed by atoms with E-state index in [0.717, 1.165) is 32.4 Å². The summed E-state index contributed by atoms with van der Waals surface area (Å²) >= 11 is 4.71. The number of hydrogen-bond acceptors (Lipinski definition) is 8. The molecule has 0 atom stereocenters. The molecule has 5 nitrogen and oxygen atoms in total. The molecule has 0 aromatic carbocycles. The number of hydrogen-bond donors (Lipinski definition) is 1. The lowest BCUT2D eigenvalue weighted by Gasteiger charge is -2.05. The van der Waals surface area contributed by atoms with Crippen molar-refractivity contribution in [3.63, 3.8) is 0 Å². The van der Waals surface area contributed by atoms with Gasteiger partial charge in [0.1, 0.15) is 5.03 Å². The summed E-state index contributed by atoms with van der Waals surface area (Å²) in [6.45, 7) is 4.96. The van der Waals surface area contributed by atoms with E-state index >= 15 is 0 Å². The Morgan fingerprint density at radius 1 is 1.26 bits per heavy atom. The van der Waals surface area contributed by atoms with E-state index in [-0.39, 0.29) is 0 Å². The molecule has 2 heterocycles. The summed E-state index contributed by atoms with van der Waals surface area (Å²) in [5, 5.41) is 12.3. The van der Waals surface area contributed by atoms with E-state index in [1.165, 1.54) is 11.8 Å². The maximum Gasteiger partial charge on any atom is 0.223 e. The largest absolute Gasteiger partial charge is 0.354 e. The van der Waals surface area contributed by atoms with Crippen molar-refractivity contribution in [3.8, 4) is 0 Å². The smallest absolute Gasteiger partial charge is 0.223 e. The Morgan fingerprint density at radius 2 is 2.05 bits per heavy atom. The SMILES string of the molecule is CCCNc1nc(C)cc(Sc2nnc(SC)s2)n1. The van der Waals surface area contributed by atoms with Crippen LogP contribution in [0.3, 0.4) is 0 Å². The highest BCUT2D eigenvalue weighted by Gasteiger charge is 2.08. The maximum absolute atomic E-state index is 4.47. The van der Waals surface area contributed by atoms with Crippen molar-refractivity contribution in [2.24, 2.45) is 0 Å². The quantitative estimate of drug-likeness (QED) is 0.648. The van der Waals surface area contributed by atoms with E-state index in [4.69, 9.17) is 0 Å². The number of aromatic nitrogens is 4. The Labute approximate surface area is 125 Å². The van der Waals surface area contributed by atoms with Crippen molar-refractivity contribution in [3.05, 3.63) is 11.8 Å². The molecule has 2 aromatic rings. The van der Waals surface area contributed by atoms with E-state index in [1.807, 2.05) is 19.2 Å². The van der Waals surface area contributed by atoms with Crippen LogP contribution in [0.25, 0.3) is 0 Å². The number of nitrogens with zero attached hydrogens (tertiary/aromatic N) is 4. The van der Waals surface area contributed by atoms with E-state index in [9.17, 15) is 0 Å². The normalized spacial score (nSPS) is 10.7. The molecule has 2 aromatic heterocycles. The molecule has 0 amide bonds. The summed E-state index contributed by atoms with van der Waals surface area (Å²) in [6, 6.07) is 1.96. The van der Waals surface area contributed by atoms with Gasteiger partial charge in [0, 0.05) is 12.2 Å². The average molecular weight is 313 g/mol. The van der Waals surface area contributed by atoms with Crippen molar-refractivity contribution in [2.45, 2.75) is 34.0 Å². The highest BCUT2D eigenvalue weighted by atomic mass is 32.2. The number of thioether (sulfide) groups is 1. The molecule has 0 aliphatic heterocycles. The molecule has 0 aliphatic carbocycles. The summed E-state index contributed by atoms with van der Waals surface area (Å²) in [7, 11) is 0. The van der Waals surface area contributed by atoms with E-state index in [1.54, 1.807) is 23.1 Å². The molecule has 0 radical (unpaired) electrons. The summed E-state index contributed by atoms with van der Waals surface area (Å²) in [5.41, 5.74) is 0.950. The second-order valence-electron chi connectivity index (χ2n) is 3.74. The first-order valence-corrected chi connectivity index (χ1v) is 8.72. The van der Waals surface area contributed by atoms with Gasteiger partial charge in [-0.05, 0) is 37.4 Å². The van der Waals surface area contributed by atoms with E-state index < -0.39 is 0 Å². The molecule has 102 valence electrons. The summed E-state index contributed by atoms with van der Waals surface area (Å²) in [5.74, 6) is 0.680.